The molecule has 0 saturated carbocycles. The number of esters is 2. The number of carbonyl (C=O) groups excluding carboxylic acids is 2. The van der Waals surface area contributed by atoms with Crippen molar-refractivity contribution >= 4 is 29.0 Å². The summed E-state index contributed by atoms with van der Waals surface area (Å²) in [6, 6.07) is 23.8. The minimum Gasteiger partial charge on any atom is -0.463 e. The third-order valence-corrected chi connectivity index (χ3v) is 7.26. The number of hydrogen-bond acceptors (Lipinski definition) is 5. The first-order valence-corrected chi connectivity index (χ1v) is 15.6. The minimum absolute atomic E-state index is 0.266. The van der Waals surface area contributed by atoms with Crippen LogP contribution in [0.5, 0.6) is 0 Å². The number of unbranched alkanes of at least 4 members (excludes halogenated alkanes) is 2. The van der Waals surface area contributed by atoms with Crippen LogP contribution in [0.4, 0.5) is 17.1 Å². The van der Waals surface area contributed by atoms with Crippen LogP contribution in [-0.2, 0) is 31.9 Å². The summed E-state index contributed by atoms with van der Waals surface area (Å²) in [4.78, 5) is 25.8. The zero-order chi connectivity index (χ0) is 30.9. The van der Waals surface area contributed by atoms with E-state index >= 15 is 0 Å². The van der Waals surface area contributed by atoms with Gasteiger partial charge in [0.15, 0.2) is 0 Å². The molecule has 0 heterocycles. The van der Waals surface area contributed by atoms with Crippen LogP contribution in [0.3, 0.4) is 0 Å². The van der Waals surface area contributed by atoms with Gasteiger partial charge in [-0.05, 0) is 111 Å². The summed E-state index contributed by atoms with van der Waals surface area (Å²) >= 11 is 0. The van der Waals surface area contributed by atoms with Gasteiger partial charge >= 0.3 is 11.9 Å². The number of aryl methyl sites for hydroxylation is 4. The van der Waals surface area contributed by atoms with E-state index in [4.69, 9.17) is 9.47 Å². The Labute approximate surface area is 258 Å². The van der Waals surface area contributed by atoms with E-state index < -0.39 is 0 Å². The highest BCUT2D eigenvalue weighted by Crippen LogP contribution is 2.35. The Balaban J connectivity index is 1.64. The number of allylic oxidation sites excluding steroid dienone is 2. The number of anilines is 3. The van der Waals surface area contributed by atoms with E-state index in [-0.39, 0.29) is 11.9 Å². The molecule has 0 unspecified atom stereocenters. The van der Waals surface area contributed by atoms with E-state index in [0.717, 1.165) is 68.4 Å². The second kappa shape index (κ2) is 18.4. The highest BCUT2D eigenvalue weighted by atomic mass is 16.5. The quantitative estimate of drug-likeness (QED) is 0.0903. The molecular weight excluding hydrogens is 534 g/mol. The molecule has 0 spiro atoms. The summed E-state index contributed by atoms with van der Waals surface area (Å²) in [5.41, 5.74) is 8.18. The molecule has 43 heavy (non-hydrogen) atoms. The lowest BCUT2D eigenvalue weighted by Gasteiger charge is -2.26. The molecule has 0 aliphatic rings. The minimum atomic E-state index is -0.266. The monoisotopic (exact) mass is 581 g/mol. The summed E-state index contributed by atoms with van der Waals surface area (Å²) in [6.07, 6.45) is 13.8. The number of benzene rings is 3. The van der Waals surface area contributed by atoms with Crippen LogP contribution in [-0.4, -0.2) is 25.2 Å². The van der Waals surface area contributed by atoms with E-state index in [0.29, 0.717) is 13.2 Å². The van der Waals surface area contributed by atoms with Crippen LogP contribution in [0, 0.1) is 13.8 Å². The molecule has 0 aromatic heterocycles. The summed E-state index contributed by atoms with van der Waals surface area (Å²) in [5.74, 6) is -0.532. The Morgan fingerprint density at radius 1 is 0.628 bits per heavy atom. The number of nitrogens with zero attached hydrogens (tertiary/aromatic N) is 1. The molecule has 0 atom stereocenters. The second-order valence-corrected chi connectivity index (χ2v) is 10.9. The van der Waals surface area contributed by atoms with E-state index in [1.54, 1.807) is 0 Å². The van der Waals surface area contributed by atoms with Crippen molar-refractivity contribution < 1.29 is 19.1 Å². The first-order chi connectivity index (χ1) is 20.9. The normalized spacial score (nSPS) is 11.3. The van der Waals surface area contributed by atoms with Gasteiger partial charge in [0.1, 0.15) is 0 Å². The summed E-state index contributed by atoms with van der Waals surface area (Å²) < 4.78 is 10.6. The number of rotatable bonds is 17. The van der Waals surface area contributed by atoms with Crippen molar-refractivity contribution in [1.29, 1.82) is 0 Å². The summed E-state index contributed by atoms with van der Waals surface area (Å²) in [7, 11) is 0. The number of ether oxygens (including phenoxy) is 2. The SMILES string of the molecule is CCCC=CC(=O)OCCCc1ccc(N(c2ccc(CCCOC(=O)C=CCCC)cc2)c2ccc(C)c(C)c2)cc1. The maximum absolute atomic E-state index is 11.8. The largest absolute Gasteiger partial charge is 0.463 e. The fraction of sp³-hybridized carbons (Fsp3) is 0.368. The molecule has 0 aliphatic carbocycles. The molecule has 0 amide bonds. The molecule has 3 rings (SSSR count). The van der Waals surface area contributed by atoms with Gasteiger partial charge in [-0.1, -0.05) is 69.2 Å². The number of carbonyl (C=O) groups is 2. The van der Waals surface area contributed by atoms with Crippen LogP contribution in [0.1, 0.15) is 74.6 Å². The van der Waals surface area contributed by atoms with Gasteiger partial charge in [0.25, 0.3) is 0 Å². The lowest BCUT2D eigenvalue weighted by molar-refractivity contribution is -0.138. The summed E-state index contributed by atoms with van der Waals surface area (Å²) in [6.45, 7) is 9.26. The molecule has 3 aromatic carbocycles. The molecule has 0 fully saturated rings. The molecule has 0 N–H and O–H groups in total. The average Bonchev–Trinajstić information content (AvgIpc) is 3.01. The fourth-order valence-corrected chi connectivity index (χ4v) is 4.62. The molecule has 3 aromatic rings. The first kappa shape index (κ1) is 33.4. The maximum atomic E-state index is 11.8. The van der Waals surface area contributed by atoms with E-state index in [2.05, 4.69) is 99.3 Å². The molecule has 5 heteroatoms. The Kier molecular flexibility index (Phi) is 14.3. The van der Waals surface area contributed by atoms with Gasteiger partial charge in [0.2, 0.25) is 0 Å². The van der Waals surface area contributed by atoms with Gasteiger partial charge in [-0.3, -0.25) is 0 Å². The van der Waals surface area contributed by atoms with Crippen molar-refractivity contribution in [2.24, 2.45) is 0 Å². The number of hydrogen-bond donors (Lipinski definition) is 0. The van der Waals surface area contributed by atoms with Gasteiger partial charge < -0.3 is 14.4 Å². The van der Waals surface area contributed by atoms with Crippen molar-refractivity contribution in [3.8, 4) is 0 Å². The molecule has 0 bridgehead atoms. The first-order valence-electron chi connectivity index (χ1n) is 15.6. The maximum Gasteiger partial charge on any atom is 0.330 e. The third-order valence-electron chi connectivity index (χ3n) is 7.26. The highest BCUT2D eigenvalue weighted by molar-refractivity contribution is 5.82. The van der Waals surface area contributed by atoms with Gasteiger partial charge in [0.05, 0.1) is 13.2 Å². The Hall–Kier alpha value is -4.12. The van der Waals surface area contributed by atoms with Crippen LogP contribution < -0.4 is 4.90 Å². The zero-order valence-corrected chi connectivity index (χ0v) is 26.3. The molecule has 0 saturated heterocycles. The van der Waals surface area contributed by atoms with Crippen LogP contribution in [0.15, 0.2) is 91.0 Å². The Bertz CT molecular complexity index is 1260. The molecule has 0 aliphatic heterocycles. The van der Waals surface area contributed by atoms with Gasteiger partial charge in [0, 0.05) is 29.2 Å². The average molecular weight is 582 g/mol. The van der Waals surface area contributed by atoms with Gasteiger partial charge in [-0.25, -0.2) is 9.59 Å². The molecular formula is C38H47NO4. The molecule has 0 radical (unpaired) electrons. The van der Waals surface area contributed by atoms with Crippen molar-refractivity contribution in [1.82, 2.24) is 0 Å². The summed E-state index contributed by atoms with van der Waals surface area (Å²) in [5, 5.41) is 0. The van der Waals surface area contributed by atoms with Gasteiger partial charge in [-0.15, -0.1) is 0 Å². The zero-order valence-electron chi connectivity index (χ0n) is 26.3. The van der Waals surface area contributed by atoms with E-state index in [9.17, 15) is 9.59 Å². The second-order valence-electron chi connectivity index (χ2n) is 10.9. The van der Waals surface area contributed by atoms with Crippen molar-refractivity contribution in [2.75, 3.05) is 18.1 Å². The Morgan fingerprint density at radius 3 is 1.49 bits per heavy atom. The standard InChI is InChI=1S/C38H47NO4/c1-5-7-9-15-37(40)42-27-11-13-32-18-23-34(24-19-32)39(36-22-17-30(3)31(4)29-36)35-25-20-33(21-26-35)14-12-28-43-38(41)16-10-8-6-2/h9-10,15-26,29H,5-8,11-14,27-28H2,1-4H3. The fourth-order valence-electron chi connectivity index (χ4n) is 4.62. The van der Waals surface area contributed by atoms with E-state index in [1.807, 2.05) is 12.2 Å². The smallest absolute Gasteiger partial charge is 0.330 e. The van der Waals surface area contributed by atoms with Crippen LogP contribution in [0.2, 0.25) is 0 Å². The third kappa shape index (κ3) is 11.6. The Morgan fingerprint density at radius 2 is 1.07 bits per heavy atom. The van der Waals surface area contributed by atoms with Crippen LogP contribution >= 0.6 is 0 Å². The van der Waals surface area contributed by atoms with Gasteiger partial charge in [-0.2, -0.15) is 0 Å². The van der Waals surface area contributed by atoms with Crippen molar-refractivity contribution in [2.45, 2.75) is 79.1 Å². The lowest BCUT2D eigenvalue weighted by atomic mass is 10.1. The predicted octanol–water partition coefficient (Wildman–Crippen LogP) is 9.44. The highest BCUT2D eigenvalue weighted by Gasteiger charge is 2.13. The van der Waals surface area contributed by atoms with Crippen molar-refractivity contribution in [3.63, 3.8) is 0 Å². The topological polar surface area (TPSA) is 55.8 Å². The van der Waals surface area contributed by atoms with E-state index in [1.165, 1.54) is 34.4 Å². The van der Waals surface area contributed by atoms with Crippen molar-refractivity contribution in [3.05, 3.63) is 113 Å². The predicted molar refractivity (Wildman–Crippen MR) is 177 cm³/mol. The molecule has 228 valence electrons. The molecule has 5 nitrogen and oxygen atoms in total. The van der Waals surface area contributed by atoms with Crippen LogP contribution in [0.25, 0.3) is 0 Å². The lowest BCUT2D eigenvalue weighted by Crippen LogP contribution is -2.10.